The summed E-state index contributed by atoms with van der Waals surface area (Å²) < 4.78 is 24.5. The predicted octanol–water partition coefficient (Wildman–Crippen LogP) is 1.44. The van der Waals surface area contributed by atoms with Gasteiger partial charge in [0.1, 0.15) is 5.15 Å². The number of hydrogen-bond donors (Lipinski definition) is 1. The van der Waals surface area contributed by atoms with Crippen LogP contribution < -0.4 is 4.72 Å². The van der Waals surface area contributed by atoms with Gasteiger partial charge in [0.25, 0.3) is 0 Å². The highest BCUT2D eigenvalue weighted by Crippen LogP contribution is 2.20. The zero-order valence-electron chi connectivity index (χ0n) is 7.29. The highest BCUT2D eigenvalue weighted by atomic mass is 35.5. The largest absolute Gasteiger partial charge is 0.243 e. The Bertz CT molecular complexity index is 433. The first-order valence-electron chi connectivity index (χ1n) is 3.66. The van der Waals surface area contributed by atoms with Crippen molar-refractivity contribution in [1.29, 1.82) is 0 Å². The first-order valence-corrected chi connectivity index (χ1v) is 6.06. The summed E-state index contributed by atoms with van der Waals surface area (Å²) >= 11 is 11.3. The van der Waals surface area contributed by atoms with Crippen LogP contribution in [0.2, 0.25) is 10.2 Å². The van der Waals surface area contributed by atoms with Crippen molar-refractivity contribution in [3.63, 3.8) is 0 Å². The van der Waals surface area contributed by atoms with Gasteiger partial charge < -0.3 is 0 Å². The van der Waals surface area contributed by atoms with E-state index < -0.39 is 10.0 Å². The standard InChI is InChI=1S/C7H8Cl2N2O2S/c1-10-14(12,13)4-5-2-6(8)7(9)11-3-5/h2-3,10H,4H2,1H3. The molecule has 0 atom stereocenters. The summed E-state index contributed by atoms with van der Waals surface area (Å²) in [7, 11) is -1.95. The third-order valence-electron chi connectivity index (χ3n) is 1.52. The van der Waals surface area contributed by atoms with Crippen molar-refractivity contribution in [3.05, 3.63) is 28.0 Å². The van der Waals surface area contributed by atoms with Crippen molar-refractivity contribution in [1.82, 2.24) is 9.71 Å². The van der Waals surface area contributed by atoms with Crippen molar-refractivity contribution in [2.45, 2.75) is 5.75 Å². The number of nitrogens with zero attached hydrogens (tertiary/aromatic N) is 1. The molecule has 0 fully saturated rings. The number of sulfonamides is 1. The van der Waals surface area contributed by atoms with Crippen LogP contribution in [0.5, 0.6) is 0 Å². The summed E-state index contributed by atoms with van der Waals surface area (Å²) in [6, 6.07) is 1.48. The van der Waals surface area contributed by atoms with E-state index in [9.17, 15) is 8.42 Å². The maximum atomic E-state index is 11.1. The molecule has 4 nitrogen and oxygen atoms in total. The highest BCUT2D eigenvalue weighted by molar-refractivity contribution is 7.88. The van der Waals surface area contributed by atoms with E-state index in [0.29, 0.717) is 5.56 Å². The summed E-state index contributed by atoms with van der Waals surface area (Å²) in [6.45, 7) is 0. The summed E-state index contributed by atoms with van der Waals surface area (Å²) in [5.41, 5.74) is 0.494. The number of pyridine rings is 1. The second-order valence-corrected chi connectivity index (χ2v) is 5.27. The summed E-state index contributed by atoms with van der Waals surface area (Å²) in [5.74, 6) is -0.159. The van der Waals surface area contributed by atoms with Gasteiger partial charge in [-0.25, -0.2) is 18.1 Å². The Balaban J connectivity index is 2.94. The molecule has 0 unspecified atom stereocenters. The monoisotopic (exact) mass is 254 g/mol. The Morgan fingerprint density at radius 2 is 2.14 bits per heavy atom. The molecule has 0 spiro atoms. The number of rotatable bonds is 3. The first-order chi connectivity index (χ1) is 6.44. The maximum Gasteiger partial charge on any atom is 0.215 e. The molecule has 1 heterocycles. The van der Waals surface area contributed by atoms with Crippen LogP contribution in [0.15, 0.2) is 12.3 Å². The minimum atomic E-state index is -3.29. The molecule has 0 bridgehead atoms. The molecule has 7 heteroatoms. The molecule has 1 aromatic rings. The van der Waals surface area contributed by atoms with E-state index in [4.69, 9.17) is 23.2 Å². The second kappa shape index (κ2) is 4.44. The van der Waals surface area contributed by atoms with Crippen molar-refractivity contribution >= 4 is 33.2 Å². The molecule has 0 aliphatic carbocycles. The Labute approximate surface area is 92.3 Å². The van der Waals surface area contributed by atoms with Gasteiger partial charge in [-0.1, -0.05) is 23.2 Å². The zero-order chi connectivity index (χ0) is 10.8. The van der Waals surface area contributed by atoms with E-state index >= 15 is 0 Å². The molecule has 1 rings (SSSR count). The minimum absolute atomic E-state index is 0.159. The minimum Gasteiger partial charge on any atom is -0.243 e. The zero-order valence-corrected chi connectivity index (χ0v) is 9.62. The van der Waals surface area contributed by atoms with Gasteiger partial charge in [-0.05, 0) is 18.7 Å². The predicted molar refractivity (Wildman–Crippen MR) is 55.9 cm³/mol. The highest BCUT2D eigenvalue weighted by Gasteiger charge is 2.10. The average molecular weight is 255 g/mol. The molecule has 0 aromatic carbocycles. The Morgan fingerprint density at radius 1 is 1.50 bits per heavy atom. The lowest BCUT2D eigenvalue weighted by atomic mass is 10.3. The summed E-state index contributed by atoms with van der Waals surface area (Å²) in [4.78, 5) is 3.74. The van der Waals surface area contributed by atoms with E-state index in [-0.39, 0.29) is 15.9 Å². The summed E-state index contributed by atoms with van der Waals surface area (Å²) in [6.07, 6.45) is 1.38. The molecule has 0 aliphatic rings. The number of aromatic nitrogens is 1. The molecule has 1 N–H and O–H groups in total. The third-order valence-corrected chi connectivity index (χ3v) is 3.54. The van der Waals surface area contributed by atoms with E-state index in [1.165, 1.54) is 19.3 Å². The number of nitrogens with one attached hydrogen (secondary N) is 1. The molecule has 0 saturated heterocycles. The second-order valence-electron chi connectivity index (χ2n) is 2.58. The fraction of sp³-hybridized carbons (Fsp3) is 0.286. The van der Waals surface area contributed by atoms with Gasteiger partial charge in [0, 0.05) is 6.20 Å². The molecular weight excluding hydrogens is 247 g/mol. The van der Waals surface area contributed by atoms with Crippen LogP contribution in [-0.4, -0.2) is 20.4 Å². The van der Waals surface area contributed by atoms with E-state index in [0.717, 1.165) is 0 Å². The SMILES string of the molecule is CNS(=O)(=O)Cc1cnc(Cl)c(Cl)c1. The van der Waals surface area contributed by atoms with Crippen LogP contribution in [0.4, 0.5) is 0 Å². The van der Waals surface area contributed by atoms with Crippen molar-refractivity contribution < 1.29 is 8.42 Å². The van der Waals surface area contributed by atoms with E-state index in [2.05, 4.69) is 9.71 Å². The molecule has 1 aromatic heterocycles. The van der Waals surface area contributed by atoms with E-state index in [1.807, 2.05) is 0 Å². The average Bonchev–Trinajstić information content (AvgIpc) is 2.11. The van der Waals surface area contributed by atoms with Crippen LogP contribution in [0, 0.1) is 0 Å². The molecule has 0 saturated carbocycles. The Morgan fingerprint density at radius 3 is 2.64 bits per heavy atom. The van der Waals surface area contributed by atoms with E-state index in [1.54, 1.807) is 0 Å². The maximum absolute atomic E-state index is 11.1. The Hall–Kier alpha value is -0.360. The third kappa shape index (κ3) is 3.09. The quantitative estimate of drug-likeness (QED) is 0.831. The first kappa shape index (κ1) is 11.7. The van der Waals surface area contributed by atoms with Crippen LogP contribution >= 0.6 is 23.2 Å². The normalized spacial score (nSPS) is 11.6. The molecule has 14 heavy (non-hydrogen) atoms. The molecule has 0 aliphatic heterocycles. The molecule has 0 radical (unpaired) electrons. The molecule has 78 valence electrons. The lowest BCUT2D eigenvalue weighted by Crippen LogP contribution is -2.20. The van der Waals surface area contributed by atoms with Gasteiger partial charge in [-0.15, -0.1) is 0 Å². The fourth-order valence-electron chi connectivity index (χ4n) is 0.831. The van der Waals surface area contributed by atoms with Crippen LogP contribution in [-0.2, 0) is 15.8 Å². The number of hydrogen-bond acceptors (Lipinski definition) is 3. The molecular formula is C7H8Cl2N2O2S. The molecule has 0 amide bonds. The van der Waals surface area contributed by atoms with Gasteiger partial charge in [0.05, 0.1) is 10.8 Å². The van der Waals surface area contributed by atoms with Gasteiger partial charge >= 0.3 is 0 Å². The van der Waals surface area contributed by atoms with Crippen LogP contribution in [0.1, 0.15) is 5.56 Å². The number of halogens is 2. The van der Waals surface area contributed by atoms with Crippen molar-refractivity contribution in [2.75, 3.05) is 7.05 Å². The van der Waals surface area contributed by atoms with Gasteiger partial charge in [0.15, 0.2) is 0 Å². The van der Waals surface area contributed by atoms with Gasteiger partial charge in [-0.2, -0.15) is 0 Å². The summed E-state index contributed by atoms with van der Waals surface area (Å²) in [5, 5.41) is 0.410. The van der Waals surface area contributed by atoms with Crippen LogP contribution in [0.25, 0.3) is 0 Å². The van der Waals surface area contributed by atoms with Crippen LogP contribution in [0.3, 0.4) is 0 Å². The van der Waals surface area contributed by atoms with Gasteiger partial charge in [0.2, 0.25) is 10.0 Å². The lowest BCUT2D eigenvalue weighted by Gasteiger charge is -2.02. The smallest absolute Gasteiger partial charge is 0.215 e. The van der Waals surface area contributed by atoms with Crippen molar-refractivity contribution in [3.8, 4) is 0 Å². The van der Waals surface area contributed by atoms with Gasteiger partial charge in [-0.3, -0.25) is 0 Å². The van der Waals surface area contributed by atoms with Crippen molar-refractivity contribution in [2.24, 2.45) is 0 Å². The Kier molecular flexibility index (Phi) is 3.71. The lowest BCUT2D eigenvalue weighted by molar-refractivity contribution is 0.587. The fourth-order valence-corrected chi connectivity index (χ4v) is 1.86. The topological polar surface area (TPSA) is 59.1 Å².